The minimum atomic E-state index is -0.497. The van der Waals surface area contributed by atoms with E-state index in [2.05, 4.69) is 116 Å². The second-order valence-corrected chi connectivity index (χ2v) is 22.3. The predicted molar refractivity (Wildman–Crippen MR) is 335 cm³/mol. The molecule has 1 atom stereocenters. The number of unbranched alkanes of at least 4 members (excludes halogenated alkanes) is 1. The minimum absolute atomic E-state index is 0.0329. The second kappa shape index (κ2) is 27.1. The number of aryl methyl sites for hydroxylation is 1. The number of aromatic nitrogens is 6. The number of esters is 1. The molecule has 0 fully saturated rings. The summed E-state index contributed by atoms with van der Waals surface area (Å²) >= 11 is 0. The van der Waals surface area contributed by atoms with Crippen molar-refractivity contribution in [1.82, 2.24) is 44.2 Å². The molecule has 4 aromatic carbocycles. The second-order valence-electron chi connectivity index (χ2n) is 22.3. The molecule has 15 heteroatoms. The van der Waals surface area contributed by atoms with Gasteiger partial charge in [0.05, 0.1) is 64.3 Å². The van der Waals surface area contributed by atoms with Gasteiger partial charge < -0.3 is 23.7 Å². The fourth-order valence-electron chi connectivity index (χ4n) is 12.0. The van der Waals surface area contributed by atoms with Crippen LogP contribution in [0.3, 0.4) is 0 Å². The number of carbonyl (C=O) groups is 2. The highest BCUT2D eigenvalue weighted by atomic mass is 16.6. The van der Waals surface area contributed by atoms with Crippen LogP contribution < -0.4 is 15.0 Å². The lowest BCUT2D eigenvalue weighted by molar-refractivity contribution is -0.148. The van der Waals surface area contributed by atoms with Gasteiger partial charge in [0, 0.05) is 88.1 Å². The quantitative estimate of drug-likeness (QED) is 0.0416. The van der Waals surface area contributed by atoms with Crippen LogP contribution in [0.15, 0.2) is 199 Å². The highest BCUT2D eigenvalue weighted by Crippen LogP contribution is 2.40. The average Bonchev–Trinajstić information content (AvgIpc) is 1.69. The molecular weight excluding hydrogens is 1090 g/mol. The first-order valence-electron chi connectivity index (χ1n) is 30.0. The van der Waals surface area contributed by atoms with Crippen molar-refractivity contribution in [2.24, 2.45) is 0 Å². The molecule has 12 rings (SSSR count). The van der Waals surface area contributed by atoms with Crippen molar-refractivity contribution in [3.05, 3.63) is 267 Å². The molecule has 6 aromatic heterocycles. The fraction of sp³-hybridized carbons (Fsp3) is 0.250. The standard InChI is InChI=1S/C72H69N9O6/c1-3-61-64-39-59(28-29-67(64)77-69-65(61)48-81-68(69)40-63-62(4-2)71(83)86-49-66(63)70(81)82)87-72(84)80(43-50-24-26-54(27-25-50)53-18-6-5-7-19-53)34-16-17-35-85-60-37-51(41-78(44-55-20-8-12-30-73-55)45-56-21-9-13-31-74-56)36-52(38-60)42-79(46-57-22-10-14-32-75-57)47-58-23-11-15-33-76-58/h5-15,18-33,36-40,62H,3-4,16-17,34-35,41-49H2,1-2H3. The Hall–Kier alpha value is -9.70. The monoisotopic (exact) mass is 1160 g/mol. The summed E-state index contributed by atoms with van der Waals surface area (Å²) in [7, 11) is 0. The molecule has 2 aliphatic heterocycles. The molecule has 2 aliphatic rings. The van der Waals surface area contributed by atoms with E-state index in [0.29, 0.717) is 108 Å². The van der Waals surface area contributed by atoms with Gasteiger partial charge in [0.2, 0.25) is 0 Å². The Labute approximate surface area is 506 Å². The van der Waals surface area contributed by atoms with Crippen LogP contribution in [-0.4, -0.2) is 69.4 Å². The van der Waals surface area contributed by atoms with Crippen LogP contribution in [0, 0.1) is 0 Å². The normalized spacial score (nSPS) is 13.3. The molecule has 10 aromatic rings. The topological polar surface area (TPSA) is 158 Å². The smallest absolute Gasteiger partial charge is 0.415 e. The van der Waals surface area contributed by atoms with E-state index in [9.17, 15) is 14.4 Å². The van der Waals surface area contributed by atoms with Crippen molar-refractivity contribution in [2.75, 3.05) is 13.2 Å². The molecule has 0 bridgehead atoms. The van der Waals surface area contributed by atoms with Crippen molar-refractivity contribution >= 4 is 23.0 Å². The van der Waals surface area contributed by atoms with E-state index in [4.69, 9.17) is 19.2 Å². The average molecular weight is 1160 g/mol. The molecule has 0 saturated carbocycles. The number of cyclic esters (lactones) is 1. The molecular formula is C72H69N9O6. The SMILES string of the molecule is CCc1c2c(nc3ccc(OC(=O)N(CCCCOc4cc(CN(Cc5ccccn5)Cc5ccccn5)cc(CN(Cc5ccccn5)Cc5ccccn5)c4)Cc4ccc(-c5ccccc5)cc4)cc13)-c1cc3c(c(=O)n1C2)COC(=O)C3CC. The van der Waals surface area contributed by atoms with Crippen LogP contribution in [0.1, 0.15) is 101 Å². The van der Waals surface area contributed by atoms with Gasteiger partial charge in [0.15, 0.2) is 0 Å². The Bertz CT molecular complexity index is 3870. The number of hydrogen-bond donors (Lipinski definition) is 0. The molecule has 0 aliphatic carbocycles. The van der Waals surface area contributed by atoms with Crippen LogP contribution in [0.4, 0.5) is 4.79 Å². The minimum Gasteiger partial charge on any atom is -0.494 e. The zero-order chi connectivity index (χ0) is 59.5. The molecule has 0 spiro atoms. The first-order chi connectivity index (χ1) is 42.7. The number of nitrogens with zero attached hydrogens (tertiary/aromatic N) is 9. The lowest BCUT2D eigenvalue weighted by atomic mass is 9.90. The first kappa shape index (κ1) is 57.7. The summed E-state index contributed by atoms with van der Waals surface area (Å²) in [4.78, 5) is 71.8. The Morgan fingerprint density at radius 1 is 0.586 bits per heavy atom. The maximum atomic E-state index is 14.6. The highest BCUT2D eigenvalue weighted by Gasteiger charge is 2.35. The summed E-state index contributed by atoms with van der Waals surface area (Å²) in [6.45, 7) is 9.23. The number of ether oxygens (including phenoxy) is 3. The van der Waals surface area contributed by atoms with Gasteiger partial charge in [-0.1, -0.05) is 98.8 Å². The van der Waals surface area contributed by atoms with Crippen molar-refractivity contribution < 1.29 is 23.8 Å². The maximum absolute atomic E-state index is 14.6. The van der Waals surface area contributed by atoms with Crippen molar-refractivity contribution in [3.8, 4) is 34.0 Å². The van der Waals surface area contributed by atoms with E-state index in [0.717, 1.165) is 89.6 Å². The van der Waals surface area contributed by atoms with Crippen molar-refractivity contribution in [2.45, 2.75) is 104 Å². The van der Waals surface area contributed by atoms with E-state index < -0.39 is 12.0 Å². The summed E-state index contributed by atoms with van der Waals surface area (Å²) in [6, 6.07) is 56.7. The van der Waals surface area contributed by atoms with Gasteiger partial charge >= 0.3 is 12.1 Å². The number of hydrogen-bond acceptors (Lipinski definition) is 13. The van der Waals surface area contributed by atoms with E-state index in [-0.39, 0.29) is 18.1 Å². The van der Waals surface area contributed by atoms with E-state index in [1.165, 1.54) is 0 Å². The highest BCUT2D eigenvalue weighted by molar-refractivity contribution is 5.90. The van der Waals surface area contributed by atoms with Gasteiger partial charge in [-0.2, -0.15) is 0 Å². The lowest BCUT2D eigenvalue weighted by Gasteiger charge is -2.25. The maximum Gasteiger partial charge on any atom is 0.415 e. The molecule has 0 N–H and O–H groups in total. The molecule has 8 heterocycles. The Morgan fingerprint density at radius 3 is 1.74 bits per heavy atom. The molecule has 1 amide bonds. The number of carbonyl (C=O) groups excluding carboxylic acids is 2. The number of fused-ring (bicyclic) bond motifs is 5. The van der Waals surface area contributed by atoms with Crippen LogP contribution in [-0.2, 0) is 74.9 Å². The summed E-state index contributed by atoms with van der Waals surface area (Å²) < 4.78 is 20.3. The third-order valence-electron chi connectivity index (χ3n) is 16.2. The zero-order valence-electron chi connectivity index (χ0n) is 49.1. The van der Waals surface area contributed by atoms with Gasteiger partial charge in [-0.05, 0) is 150 Å². The molecule has 0 radical (unpaired) electrons. The van der Waals surface area contributed by atoms with Gasteiger partial charge in [0.25, 0.3) is 5.56 Å². The van der Waals surface area contributed by atoms with E-state index in [1.54, 1.807) is 15.5 Å². The fourth-order valence-corrected chi connectivity index (χ4v) is 12.0. The largest absolute Gasteiger partial charge is 0.494 e. The third kappa shape index (κ3) is 13.9. The number of pyridine rings is 6. The molecule has 438 valence electrons. The van der Waals surface area contributed by atoms with Crippen molar-refractivity contribution in [3.63, 3.8) is 0 Å². The van der Waals surface area contributed by atoms with Crippen LogP contribution in [0.5, 0.6) is 11.5 Å². The molecule has 15 nitrogen and oxygen atoms in total. The van der Waals surface area contributed by atoms with E-state index >= 15 is 0 Å². The summed E-state index contributed by atoms with van der Waals surface area (Å²) in [5.41, 5.74) is 14.5. The predicted octanol–water partition coefficient (Wildman–Crippen LogP) is 13.0. The number of amides is 1. The van der Waals surface area contributed by atoms with E-state index in [1.807, 2.05) is 117 Å². The van der Waals surface area contributed by atoms with Crippen LogP contribution >= 0.6 is 0 Å². The summed E-state index contributed by atoms with van der Waals surface area (Å²) in [5, 5.41) is 0.854. The third-order valence-corrected chi connectivity index (χ3v) is 16.2. The van der Waals surface area contributed by atoms with Gasteiger partial charge in [0.1, 0.15) is 18.1 Å². The Balaban J connectivity index is 0.786. The van der Waals surface area contributed by atoms with Gasteiger partial charge in [-0.25, -0.2) is 9.78 Å². The first-order valence-corrected chi connectivity index (χ1v) is 30.0. The van der Waals surface area contributed by atoms with Gasteiger partial charge in [-0.3, -0.25) is 39.3 Å². The van der Waals surface area contributed by atoms with Crippen molar-refractivity contribution in [1.29, 1.82) is 0 Å². The summed E-state index contributed by atoms with van der Waals surface area (Å²) in [6.07, 6.45) is 9.36. The number of rotatable bonds is 24. The van der Waals surface area contributed by atoms with Gasteiger partial charge in [-0.15, -0.1) is 0 Å². The molecule has 0 saturated heterocycles. The lowest BCUT2D eigenvalue weighted by Crippen LogP contribution is -2.34. The Morgan fingerprint density at radius 2 is 1.17 bits per heavy atom. The van der Waals surface area contributed by atoms with Crippen LogP contribution in [0.2, 0.25) is 0 Å². The van der Waals surface area contributed by atoms with Crippen LogP contribution in [0.25, 0.3) is 33.4 Å². The Kier molecular flexibility index (Phi) is 18.0. The molecule has 87 heavy (non-hydrogen) atoms. The summed E-state index contributed by atoms with van der Waals surface area (Å²) in [5.74, 6) is 0.356. The zero-order valence-corrected chi connectivity index (χ0v) is 49.1. The number of benzene rings is 4. The molecule has 1 unspecified atom stereocenters.